The van der Waals surface area contributed by atoms with Gasteiger partial charge in [0.15, 0.2) is 0 Å². The molecule has 2 atom stereocenters. The summed E-state index contributed by atoms with van der Waals surface area (Å²) in [5, 5.41) is 2.99. The maximum absolute atomic E-state index is 14.4. The van der Waals surface area contributed by atoms with Crippen LogP contribution in [0.15, 0.2) is 54.6 Å². The Labute approximate surface area is 210 Å². The number of halogens is 3. The number of piperidine rings is 2. The predicted molar refractivity (Wildman–Crippen MR) is 130 cm³/mol. The van der Waals surface area contributed by atoms with E-state index in [1.807, 2.05) is 12.1 Å². The third kappa shape index (κ3) is 4.40. The van der Waals surface area contributed by atoms with E-state index in [9.17, 15) is 22.8 Å². The molecule has 5 nitrogen and oxygen atoms in total. The van der Waals surface area contributed by atoms with E-state index in [-0.39, 0.29) is 36.4 Å². The number of nitrogens with zero attached hydrogens (tertiary/aromatic N) is 1. The van der Waals surface area contributed by atoms with Crippen LogP contribution in [0.5, 0.6) is 0 Å². The fourth-order valence-corrected chi connectivity index (χ4v) is 6.04. The van der Waals surface area contributed by atoms with Crippen molar-refractivity contribution in [3.8, 4) is 0 Å². The van der Waals surface area contributed by atoms with Crippen LogP contribution in [-0.2, 0) is 19.9 Å². The highest BCUT2D eigenvalue weighted by molar-refractivity contribution is 5.88. The lowest BCUT2D eigenvalue weighted by molar-refractivity contribution is -0.271. The first kappa shape index (κ1) is 26.2. The van der Waals surface area contributed by atoms with Crippen molar-refractivity contribution in [3.05, 3.63) is 71.3 Å². The molecule has 36 heavy (non-hydrogen) atoms. The number of nitrogens with one attached hydrogen (secondary N) is 1. The molecule has 0 aromatic heterocycles. The molecule has 2 aromatic carbocycles. The van der Waals surface area contributed by atoms with Gasteiger partial charge < -0.3 is 15.0 Å². The first-order valence-corrected chi connectivity index (χ1v) is 12.4. The molecule has 0 saturated carbocycles. The van der Waals surface area contributed by atoms with Crippen molar-refractivity contribution < 1.29 is 27.5 Å². The summed E-state index contributed by atoms with van der Waals surface area (Å²) in [5.41, 5.74) is -1.38. The van der Waals surface area contributed by atoms with Crippen LogP contribution < -0.4 is 5.32 Å². The molecule has 0 unspecified atom stereocenters. The van der Waals surface area contributed by atoms with Gasteiger partial charge >= 0.3 is 6.18 Å². The molecule has 2 saturated heterocycles. The van der Waals surface area contributed by atoms with Crippen LogP contribution in [0, 0.1) is 5.41 Å². The molecule has 194 valence electrons. The summed E-state index contributed by atoms with van der Waals surface area (Å²) >= 11 is 0. The van der Waals surface area contributed by atoms with Gasteiger partial charge in [0.05, 0.1) is 0 Å². The zero-order chi connectivity index (χ0) is 26.1. The number of methoxy groups -OCH3 is 1. The van der Waals surface area contributed by atoms with Gasteiger partial charge in [-0.2, -0.15) is 13.2 Å². The highest BCUT2D eigenvalue weighted by atomic mass is 19.4. The zero-order valence-corrected chi connectivity index (χ0v) is 20.9. The highest BCUT2D eigenvalue weighted by Gasteiger charge is 2.64. The molecule has 2 fully saturated rings. The number of benzene rings is 2. The number of ether oxygens (including phenoxy) is 1. The van der Waals surface area contributed by atoms with E-state index >= 15 is 0 Å². The summed E-state index contributed by atoms with van der Waals surface area (Å²) in [6.07, 6.45) is -3.77. The Bertz CT molecular complexity index is 1090. The van der Waals surface area contributed by atoms with Gasteiger partial charge in [0.25, 0.3) is 11.5 Å². The van der Waals surface area contributed by atoms with Crippen LogP contribution in [0.1, 0.15) is 61.6 Å². The van der Waals surface area contributed by atoms with Crippen LogP contribution in [0.3, 0.4) is 0 Å². The zero-order valence-electron chi connectivity index (χ0n) is 20.9. The Morgan fingerprint density at radius 2 is 1.67 bits per heavy atom. The van der Waals surface area contributed by atoms with Crippen molar-refractivity contribution in [2.45, 2.75) is 56.7 Å². The number of rotatable bonds is 5. The van der Waals surface area contributed by atoms with Crippen LogP contribution in [-0.4, -0.2) is 49.6 Å². The highest BCUT2D eigenvalue weighted by Crippen LogP contribution is 2.51. The summed E-state index contributed by atoms with van der Waals surface area (Å²) < 4.78 is 48.3. The molecule has 0 aliphatic carbocycles. The van der Waals surface area contributed by atoms with Crippen LogP contribution in [0.4, 0.5) is 13.2 Å². The van der Waals surface area contributed by atoms with Gasteiger partial charge in [0.2, 0.25) is 5.91 Å². The van der Waals surface area contributed by atoms with E-state index in [0.29, 0.717) is 25.8 Å². The van der Waals surface area contributed by atoms with E-state index in [0.717, 1.165) is 12.7 Å². The fraction of sp³-hybridized carbons (Fsp3) is 0.500. The SMILES string of the molecule is CO[C@@](C(=O)N1CCC2(CC1)CC(=O)NC[C@H]2c1ccccc1C(C)C)(c1ccccc1)C(F)(F)F. The second kappa shape index (κ2) is 9.88. The van der Waals surface area contributed by atoms with Crippen molar-refractivity contribution in [2.75, 3.05) is 26.7 Å². The fourth-order valence-electron chi connectivity index (χ4n) is 6.04. The first-order valence-electron chi connectivity index (χ1n) is 12.4. The minimum Gasteiger partial charge on any atom is -0.356 e. The monoisotopic (exact) mass is 502 g/mol. The van der Waals surface area contributed by atoms with Crippen LogP contribution in [0.2, 0.25) is 0 Å². The average Bonchev–Trinajstić information content (AvgIpc) is 2.85. The maximum Gasteiger partial charge on any atom is 0.430 e. The Hall–Kier alpha value is -2.87. The number of carbonyl (C=O) groups excluding carboxylic acids is 2. The van der Waals surface area contributed by atoms with Crippen molar-refractivity contribution in [1.29, 1.82) is 0 Å². The average molecular weight is 503 g/mol. The van der Waals surface area contributed by atoms with E-state index in [4.69, 9.17) is 4.74 Å². The van der Waals surface area contributed by atoms with Gasteiger partial charge in [-0.25, -0.2) is 0 Å². The van der Waals surface area contributed by atoms with E-state index in [2.05, 4.69) is 31.3 Å². The Morgan fingerprint density at radius 3 is 2.25 bits per heavy atom. The molecule has 8 heteroatoms. The smallest absolute Gasteiger partial charge is 0.356 e. The number of alkyl halides is 3. The van der Waals surface area contributed by atoms with Gasteiger partial charge in [-0.3, -0.25) is 9.59 Å². The summed E-state index contributed by atoms with van der Waals surface area (Å²) in [4.78, 5) is 27.3. The van der Waals surface area contributed by atoms with Crippen LogP contribution >= 0.6 is 0 Å². The predicted octanol–water partition coefficient (Wildman–Crippen LogP) is 5.13. The number of hydrogen-bond acceptors (Lipinski definition) is 3. The number of likely N-dealkylation sites (tertiary alicyclic amines) is 1. The molecule has 2 aliphatic heterocycles. The van der Waals surface area contributed by atoms with Gasteiger partial charge in [-0.1, -0.05) is 68.4 Å². The van der Waals surface area contributed by atoms with Crippen molar-refractivity contribution in [1.82, 2.24) is 10.2 Å². The molecular weight excluding hydrogens is 469 g/mol. The van der Waals surface area contributed by atoms with Gasteiger partial charge in [-0.15, -0.1) is 0 Å². The standard InChI is InChI=1S/C28H33F3N2O3/c1-19(2)21-11-7-8-12-22(21)23-18-32-24(34)17-26(23)13-15-33(16-14-26)25(35)27(36-3,28(29,30)31)20-9-5-4-6-10-20/h4-12,19,23H,13-18H2,1-3H3,(H,32,34)/t23-,27+/m0/s1. The lowest BCUT2D eigenvalue weighted by Gasteiger charge is -2.50. The quantitative estimate of drug-likeness (QED) is 0.617. The maximum atomic E-state index is 14.4. The molecule has 0 bridgehead atoms. The minimum atomic E-state index is -4.95. The topological polar surface area (TPSA) is 58.6 Å². The molecule has 4 rings (SSSR count). The normalized spacial score (nSPS) is 21.8. The molecule has 1 N–H and O–H groups in total. The Balaban J connectivity index is 1.65. The van der Waals surface area contributed by atoms with E-state index in [1.54, 1.807) is 6.07 Å². The van der Waals surface area contributed by atoms with Crippen LogP contribution in [0.25, 0.3) is 0 Å². The second-order valence-electron chi connectivity index (χ2n) is 10.2. The molecule has 2 heterocycles. The lowest BCUT2D eigenvalue weighted by Crippen LogP contribution is -2.60. The Kier molecular flexibility index (Phi) is 7.19. The first-order chi connectivity index (χ1) is 17.1. The van der Waals surface area contributed by atoms with Crippen molar-refractivity contribution >= 4 is 11.8 Å². The molecular formula is C28H33F3N2O3. The number of hydrogen-bond donors (Lipinski definition) is 1. The lowest BCUT2D eigenvalue weighted by atomic mass is 9.61. The third-order valence-electron chi connectivity index (χ3n) is 7.98. The number of amides is 2. The van der Waals surface area contributed by atoms with E-state index in [1.165, 1.54) is 34.7 Å². The van der Waals surface area contributed by atoms with Gasteiger partial charge in [0.1, 0.15) is 0 Å². The number of carbonyl (C=O) groups is 2. The summed E-state index contributed by atoms with van der Waals surface area (Å²) in [6.45, 7) is 4.98. The Morgan fingerprint density at radius 1 is 1.06 bits per heavy atom. The van der Waals surface area contributed by atoms with Crippen molar-refractivity contribution in [3.63, 3.8) is 0 Å². The second-order valence-corrected chi connectivity index (χ2v) is 10.2. The molecule has 2 aromatic rings. The molecule has 2 aliphatic rings. The van der Waals surface area contributed by atoms with Crippen molar-refractivity contribution in [2.24, 2.45) is 5.41 Å². The summed E-state index contributed by atoms with van der Waals surface area (Å²) in [5.74, 6) is -0.857. The minimum absolute atomic E-state index is 0.0231. The summed E-state index contributed by atoms with van der Waals surface area (Å²) in [6, 6.07) is 15.2. The van der Waals surface area contributed by atoms with E-state index < -0.39 is 23.1 Å². The molecule has 2 amide bonds. The van der Waals surface area contributed by atoms with Gasteiger partial charge in [0, 0.05) is 44.6 Å². The molecule has 1 spiro atoms. The summed E-state index contributed by atoms with van der Waals surface area (Å²) in [7, 11) is 0.925. The largest absolute Gasteiger partial charge is 0.430 e. The van der Waals surface area contributed by atoms with Gasteiger partial charge in [-0.05, 0) is 35.3 Å². The molecule has 0 radical (unpaired) electrons. The third-order valence-corrected chi connectivity index (χ3v) is 7.98.